The number of piperazine rings is 1. The molecule has 0 unspecified atom stereocenters. The van der Waals surface area contributed by atoms with Crippen LogP contribution in [0.3, 0.4) is 0 Å². The maximum absolute atomic E-state index is 11.5. The Balaban J connectivity index is 0.00000288. The molecule has 136 valence electrons. The second kappa shape index (κ2) is 9.63. The minimum atomic E-state index is -0.413. The number of hydrogen-bond donors (Lipinski definition) is 2. The first kappa shape index (κ1) is 20.4. The van der Waals surface area contributed by atoms with Crippen LogP contribution in [0.15, 0.2) is 12.1 Å². The lowest BCUT2D eigenvalue weighted by atomic mass is 9.98. The van der Waals surface area contributed by atoms with Gasteiger partial charge >= 0.3 is 0 Å². The van der Waals surface area contributed by atoms with Crippen molar-refractivity contribution < 1.29 is 19.5 Å². The molecule has 1 saturated heterocycles. The molecule has 0 aromatic heterocycles. The van der Waals surface area contributed by atoms with Crippen LogP contribution in [-0.2, 0) is 0 Å². The first-order valence-electron chi connectivity index (χ1n) is 7.58. The first-order chi connectivity index (χ1) is 11.1. The van der Waals surface area contributed by atoms with Gasteiger partial charge in [-0.1, -0.05) is 0 Å². The summed E-state index contributed by atoms with van der Waals surface area (Å²) < 4.78 is 10.5. The molecule has 0 bridgehead atoms. The van der Waals surface area contributed by atoms with E-state index in [1.54, 1.807) is 6.07 Å². The summed E-state index contributed by atoms with van der Waals surface area (Å²) in [7, 11) is 2.95. The van der Waals surface area contributed by atoms with Crippen LogP contribution < -0.4 is 14.8 Å². The predicted octanol–water partition coefficient (Wildman–Crippen LogP) is 1.36. The van der Waals surface area contributed by atoms with E-state index >= 15 is 0 Å². The van der Waals surface area contributed by atoms with Crippen molar-refractivity contribution in [1.29, 1.82) is 0 Å². The van der Waals surface area contributed by atoms with Crippen molar-refractivity contribution in [1.82, 2.24) is 10.2 Å². The molecular formula is C15H24ClN3O5. The van der Waals surface area contributed by atoms with E-state index in [2.05, 4.69) is 10.2 Å². The second-order valence-electron chi connectivity index (χ2n) is 5.34. The highest BCUT2D eigenvalue weighted by Gasteiger charge is 2.30. The van der Waals surface area contributed by atoms with Gasteiger partial charge in [-0.05, 0) is 12.5 Å². The van der Waals surface area contributed by atoms with Gasteiger partial charge in [0.2, 0.25) is 0 Å². The quantitative estimate of drug-likeness (QED) is 0.559. The number of halogens is 1. The van der Waals surface area contributed by atoms with E-state index in [0.717, 1.165) is 26.2 Å². The number of hydrogen-bond acceptors (Lipinski definition) is 7. The third kappa shape index (κ3) is 4.47. The smallest absolute Gasteiger partial charge is 0.278 e. The Labute approximate surface area is 147 Å². The van der Waals surface area contributed by atoms with E-state index in [9.17, 15) is 15.2 Å². The first-order valence-corrected chi connectivity index (χ1v) is 7.58. The Kier molecular flexibility index (Phi) is 8.20. The molecule has 1 aliphatic rings. The molecule has 24 heavy (non-hydrogen) atoms. The third-order valence-electron chi connectivity index (χ3n) is 4.08. The highest BCUT2D eigenvalue weighted by Crippen LogP contribution is 2.40. The van der Waals surface area contributed by atoms with Gasteiger partial charge in [0.25, 0.3) is 5.69 Å². The van der Waals surface area contributed by atoms with Crippen molar-refractivity contribution in [2.24, 2.45) is 0 Å². The van der Waals surface area contributed by atoms with Crippen molar-refractivity contribution in [2.75, 3.05) is 47.0 Å². The summed E-state index contributed by atoms with van der Waals surface area (Å²) >= 11 is 0. The van der Waals surface area contributed by atoms with Gasteiger partial charge < -0.3 is 19.9 Å². The zero-order valence-corrected chi connectivity index (χ0v) is 14.7. The number of nitrogens with zero attached hydrogens (tertiary/aromatic N) is 2. The zero-order chi connectivity index (χ0) is 16.8. The molecule has 0 aliphatic carbocycles. The highest BCUT2D eigenvalue weighted by molar-refractivity contribution is 5.85. The average Bonchev–Trinajstić information content (AvgIpc) is 2.59. The molecule has 0 amide bonds. The molecule has 2 N–H and O–H groups in total. The number of aliphatic hydroxyl groups excluding tert-OH is 1. The topological polar surface area (TPSA) is 97.1 Å². The largest absolute Gasteiger partial charge is 0.493 e. The fourth-order valence-electron chi connectivity index (χ4n) is 2.96. The molecule has 0 radical (unpaired) electrons. The monoisotopic (exact) mass is 361 g/mol. The molecule has 0 saturated carbocycles. The Bertz CT molecular complexity index is 552. The number of nitro groups is 1. The van der Waals surface area contributed by atoms with E-state index in [1.165, 1.54) is 20.3 Å². The SMILES string of the molecule is COc1cc([C@@H](CCO)N2CCNCC2)c([N+](=O)[O-])cc1OC.Cl. The van der Waals surface area contributed by atoms with Crippen molar-refractivity contribution in [3.05, 3.63) is 27.8 Å². The van der Waals surface area contributed by atoms with Gasteiger partial charge in [0, 0.05) is 38.8 Å². The second-order valence-corrected chi connectivity index (χ2v) is 5.34. The van der Waals surface area contributed by atoms with E-state index in [1.807, 2.05) is 0 Å². The number of benzene rings is 1. The van der Waals surface area contributed by atoms with Gasteiger partial charge in [0.15, 0.2) is 11.5 Å². The molecule has 9 heteroatoms. The Hall–Kier alpha value is -1.61. The molecule has 1 aromatic rings. The number of methoxy groups -OCH3 is 2. The number of rotatable bonds is 7. The van der Waals surface area contributed by atoms with Gasteiger partial charge in [-0.15, -0.1) is 12.4 Å². The molecule has 1 aromatic carbocycles. The molecule has 1 atom stereocenters. The maximum atomic E-state index is 11.5. The highest BCUT2D eigenvalue weighted by atomic mass is 35.5. The van der Waals surface area contributed by atoms with Crippen molar-refractivity contribution >= 4 is 18.1 Å². The van der Waals surface area contributed by atoms with Gasteiger partial charge in [-0.3, -0.25) is 15.0 Å². The fourth-order valence-corrected chi connectivity index (χ4v) is 2.96. The van der Waals surface area contributed by atoms with Crippen LogP contribution in [-0.4, -0.2) is 61.9 Å². The molecule has 2 rings (SSSR count). The van der Waals surface area contributed by atoms with E-state index in [0.29, 0.717) is 23.5 Å². The predicted molar refractivity (Wildman–Crippen MR) is 92.3 cm³/mol. The van der Waals surface area contributed by atoms with Gasteiger partial charge in [-0.25, -0.2) is 0 Å². The van der Waals surface area contributed by atoms with Crippen LogP contribution in [0, 0.1) is 10.1 Å². The lowest BCUT2D eigenvalue weighted by molar-refractivity contribution is -0.386. The van der Waals surface area contributed by atoms with Crippen molar-refractivity contribution in [3.63, 3.8) is 0 Å². The van der Waals surface area contributed by atoms with Crippen LogP contribution >= 0.6 is 12.4 Å². The van der Waals surface area contributed by atoms with E-state index in [4.69, 9.17) is 9.47 Å². The summed E-state index contributed by atoms with van der Waals surface area (Å²) in [5.41, 5.74) is 0.531. The van der Waals surface area contributed by atoms with Crippen molar-refractivity contribution in [2.45, 2.75) is 12.5 Å². The van der Waals surface area contributed by atoms with E-state index in [-0.39, 0.29) is 30.7 Å². The molecule has 1 fully saturated rings. The molecular weight excluding hydrogens is 338 g/mol. The standard InChI is InChI=1S/C15H23N3O5.ClH/c1-22-14-9-11(13(18(20)21)10-15(14)23-2)12(3-8-19)17-6-4-16-5-7-17;/h9-10,12,16,19H,3-8H2,1-2H3;1H/t12-;/m1./s1. The number of ether oxygens (including phenoxy) is 2. The minimum absolute atomic E-state index is 0. The zero-order valence-electron chi connectivity index (χ0n) is 13.9. The van der Waals surface area contributed by atoms with Crippen LogP contribution in [0.2, 0.25) is 0 Å². The van der Waals surface area contributed by atoms with E-state index < -0.39 is 4.92 Å². The van der Waals surface area contributed by atoms with Crippen LogP contribution in [0.25, 0.3) is 0 Å². The molecule has 8 nitrogen and oxygen atoms in total. The van der Waals surface area contributed by atoms with Gasteiger partial charge in [0.1, 0.15) is 0 Å². The number of nitrogens with one attached hydrogen (secondary N) is 1. The Morgan fingerprint density at radius 3 is 2.38 bits per heavy atom. The van der Waals surface area contributed by atoms with Crippen LogP contribution in [0.5, 0.6) is 11.5 Å². The summed E-state index contributed by atoms with van der Waals surface area (Å²) in [5, 5.41) is 24.2. The summed E-state index contributed by atoms with van der Waals surface area (Å²) in [6.45, 7) is 3.15. The fraction of sp³-hybridized carbons (Fsp3) is 0.600. The number of aliphatic hydroxyl groups is 1. The molecule has 1 heterocycles. The molecule has 1 aliphatic heterocycles. The third-order valence-corrected chi connectivity index (χ3v) is 4.08. The number of nitro benzene ring substituents is 1. The van der Waals surface area contributed by atoms with Crippen molar-refractivity contribution in [3.8, 4) is 11.5 Å². The maximum Gasteiger partial charge on any atom is 0.278 e. The Morgan fingerprint density at radius 2 is 1.88 bits per heavy atom. The van der Waals surface area contributed by atoms with Crippen LogP contribution in [0.4, 0.5) is 5.69 Å². The summed E-state index contributed by atoms with van der Waals surface area (Å²) in [4.78, 5) is 13.2. The van der Waals surface area contributed by atoms with Crippen LogP contribution in [0.1, 0.15) is 18.0 Å². The summed E-state index contributed by atoms with van der Waals surface area (Å²) in [6, 6.07) is 2.81. The van der Waals surface area contributed by atoms with Gasteiger partial charge in [0.05, 0.1) is 30.8 Å². The summed E-state index contributed by atoms with van der Waals surface area (Å²) in [5.74, 6) is 0.775. The Morgan fingerprint density at radius 1 is 1.29 bits per heavy atom. The lowest BCUT2D eigenvalue weighted by Crippen LogP contribution is -2.45. The lowest BCUT2D eigenvalue weighted by Gasteiger charge is -2.35. The minimum Gasteiger partial charge on any atom is -0.493 e. The summed E-state index contributed by atoms with van der Waals surface area (Å²) in [6.07, 6.45) is 0.427. The normalized spacial score (nSPS) is 16.1. The average molecular weight is 362 g/mol. The molecule has 0 spiro atoms. The van der Waals surface area contributed by atoms with Gasteiger partial charge in [-0.2, -0.15) is 0 Å².